The van der Waals surface area contributed by atoms with E-state index in [4.69, 9.17) is 4.74 Å². The highest BCUT2D eigenvalue weighted by molar-refractivity contribution is 7.99. The van der Waals surface area contributed by atoms with E-state index in [9.17, 15) is 9.59 Å². The van der Waals surface area contributed by atoms with Gasteiger partial charge in [-0.2, -0.15) is 11.8 Å². The molecule has 146 valence electrons. The summed E-state index contributed by atoms with van der Waals surface area (Å²) >= 11 is 1.91. The van der Waals surface area contributed by atoms with Gasteiger partial charge in [0.25, 0.3) is 5.91 Å². The fraction of sp³-hybridized carbons (Fsp3) is 0.619. The van der Waals surface area contributed by atoms with Crippen molar-refractivity contribution in [3.63, 3.8) is 0 Å². The van der Waals surface area contributed by atoms with E-state index in [0.29, 0.717) is 18.7 Å². The second-order valence-electron chi connectivity index (χ2n) is 7.72. The Morgan fingerprint density at radius 1 is 1.22 bits per heavy atom. The fourth-order valence-corrected chi connectivity index (χ4v) is 6.02. The van der Waals surface area contributed by atoms with Gasteiger partial charge in [-0.1, -0.05) is 31.0 Å². The predicted octanol–water partition coefficient (Wildman–Crippen LogP) is 2.76. The van der Waals surface area contributed by atoms with Crippen molar-refractivity contribution in [3.8, 4) is 0 Å². The molecule has 27 heavy (non-hydrogen) atoms. The summed E-state index contributed by atoms with van der Waals surface area (Å²) in [5.74, 6) is 2.01. The number of hydrogen-bond acceptors (Lipinski definition) is 4. The van der Waals surface area contributed by atoms with Crippen LogP contribution in [0.25, 0.3) is 0 Å². The van der Waals surface area contributed by atoms with Gasteiger partial charge in [-0.15, -0.1) is 0 Å². The van der Waals surface area contributed by atoms with Crippen LogP contribution in [0.3, 0.4) is 0 Å². The van der Waals surface area contributed by atoms with E-state index in [2.05, 4.69) is 0 Å². The van der Waals surface area contributed by atoms with Crippen LogP contribution in [0.4, 0.5) is 0 Å². The van der Waals surface area contributed by atoms with E-state index in [1.165, 1.54) is 0 Å². The quantitative estimate of drug-likeness (QED) is 0.796. The molecule has 1 saturated carbocycles. The molecule has 0 aromatic heterocycles. The van der Waals surface area contributed by atoms with Crippen LogP contribution in [0.5, 0.6) is 0 Å². The molecule has 2 fully saturated rings. The van der Waals surface area contributed by atoms with Crippen LogP contribution in [-0.2, 0) is 9.53 Å². The largest absolute Gasteiger partial charge is 0.383 e. The highest BCUT2D eigenvalue weighted by atomic mass is 32.2. The summed E-state index contributed by atoms with van der Waals surface area (Å²) < 4.78 is 5.30. The summed E-state index contributed by atoms with van der Waals surface area (Å²) in [6.45, 7) is 2.66. The summed E-state index contributed by atoms with van der Waals surface area (Å²) in [6, 6.07) is 7.75. The zero-order valence-corrected chi connectivity index (χ0v) is 16.8. The van der Waals surface area contributed by atoms with E-state index in [1.54, 1.807) is 7.11 Å². The van der Waals surface area contributed by atoms with Crippen molar-refractivity contribution < 1.29 is 14.3 Å². The topological polar surface area (TPSA) is 49.9 Å². The SMILES string of the molecule is COCCN1C(=O)c2ccccc2[C@@H](C(=O)N2CCSCC2)C12CCCC2. The zero-order valence-electron chi connectivity index (χ0n) is 16.0. The van der Waals surface area contributed by atoms with Crippen molar-refractivity contribution in [2.24, 2.45) is 0 Å². The van der Waals surface area contributed by atoms with Crippen molar-refractivity contribution in [1.29, 1.82) is 0 Å². The normalized spacial score (nSPS) is 24.3. The second kappa shape index (κ2) is 7.84. The van der Waals surface area contributed by atoms with Crippen LogP contribution >= 0.6 is 11.8 Å². The summed E-state index contributed by atoms with van der Waals surface area (Å²) in [4.78, 5) is 31.1. The number of ether oxygens (including phenoxy) is 1. The van der Waals surface area contributed by atoms with Crippen molar-refractivity contribution in [2.75, 3.05) is 44.9 Å². The third kappa shape index (κ3) is 3.17. The van der Waals surface area contributed by atoms with Crippen LogP contribution in [0.15, 0.2) is 24.3 Å². The van der Waals surface area contributed by atoms with Crippen molar-refractivity contribution in [2.45, 2.75) is 37.1 Å². The van der Waals surface area contributed by atoms with Crippen LogP contribution in [0.1, 0.15) is 47.5 Å². The minimum atomic E-state index is -0.397. The average Bonchev–Trinajstić information content (AvgIpc) is 3.18. The molecule has 4 rings (SSSR count). The fourth-order valence-electron chi connectivity index (χ4n) is 5.12. The van der Waals surface area contributed by atoms with E-state index in [-0.39, 0.29) is 17.7 Å². The number of thioether (sulfide) groups is 1. The lowest BCUT2D eigenvalue weighted by molar-refractivity contribution is -0.136. The van der Waals surface area contributed by atoms with Crippen LogP contribution in [0, 0.1) is 0 Å². The van der Waals surface area contributed by atoms with E-state index in [0.717, 1.165) is 55.8 Å². The molecule has 6 heteroatoms. The van der Waals surface area contributed by atoms with Gasteiger partial charge < -0.3 is 14.5 Å². The molecule has 1 aliphatic carbocycles. The van der Waals surface area contributed by atoms with Gasteiger partial charge in [0.1, 0.15) is 0 Å². The Hall–Kier alpha value is -1.53. The molecular weight excluding hydrogens is 360 g/mol. The summed E-state index contributed by atoms with van der Waals surface area (Å²) in [6.07, 6.45) is 3.93. The first-order valence-corrected chi connectivity index (χ1v) is 11.1. The van der Waals surface area contributed by atoms with Crippen molar-refractivity contribution >= 4 is 23.6 Å². The molecule has 2 aliphatic heterocycles. The highest BCUT2D eigenvalue weighted by Gasteiger charge is 2.56. The number of benzene rings is 1. The maximum atomic E-state index is 13.8. The van der Waals surface area contributed by atoms with Gasteiger partial charge in [-0.25, -0.2) is 0 Å². The summed E-state index contributed by atoms with van der Waals surface area (Å²) in [5.41, 5.74) is 1.23. The van der Waals surface area contributed by atoms with Crippen molar-refractivity contribution in [1.82, 2.24) is 9.80 Å². The van der Waals surface area contributed by atoms with Gasteiger partial charge in [-0.05, 0) is 24.5 Å². The van der Waals surface area contributed by atoms with Gasteiger partial charge in [0, 0.05) is 43.8 Å². The molecule has 1 saturated heterocycles. The molecule has 0 radical (unpaired) electrons. The molecule has 5 nitrogen and oxygen atoms in total. The Morgan fingerprint density at radius 2 is 1.93 bits per heavy atom. The van der Waals surface area contributed by atoms with E-state index in [1.807, 2.05) is 45.8 Å². The molecule has 3 aliphatic rings. The van der Waals surface area contributed by atoms with Gasteiger partial charge in [0.05, 0.1) is 18.1 Å². The van der Waals surface area contributed by atoms with Gasteiger partial charge in [0.15, 0.2) is 0 Å². The molecule has 0 unspecified atom stereocenters. The Bertz CT molecular complexity index is 711. The summed E-state index contributed by atoms with van der Waals surface area (Å²) in [7, 11) is 1.66. The maximum absolute atomic E-state index is 13.8. The first-order chi connectivity index (χ1) is 13.2. The Kier molecular flexibility index (Phi) is 5.46. The molecule has 2 amide bonds. The van der Waals surface area contributed by atoms with Crippen LogP contribution < -0.4 is 0 Å². The first-order valence-electron chi connectivity index (χ1n) is 9.95. The predicted molar refractivity (Wildman–Crippen MR) is 107 cm³/mol. The number of methoxy groups -OCH3 is 1. The van der Waals surface area contributed by atoms with E-state index < -0.39 is 5.54 Å². The standard InChI is InChI=1S/C21H28N2O3S/c1-26-13-10-23-19(24)17-7-3-2-6-16(17)18(21(23)8-4-5-9-21)20(25)22-11-14-27-15-12-22/h2-3,6-7,18H,4-5,8-15H2,1H3/t18-/m0/s1. The Balaban J connectivity index is 1.80. The molecule has 2 heterocycles. The third-order valence-corrected chi connectivity index (χ3v) is 7.32. The molecule has 0 bridgehead atoms. The number of nitrogens with zero attached hydrogens (tertiary/aromatic N) is 2. The van der Waals surface area contributed by atoms with E-state index >= 15 is 0 Å². The van der Waals surface area contributed by atoms with Crippen LogP contribution in [0.2, 0.25) is 0 Å². The monoisotopic (exact) mass is 388 g/mol. The molecule has 1 spiro atoms. The lowest BCUT2D eigenvalue weighted by atomic mass is 9.70. The molecule has 0 N–H and O–H groups in total. The number of rotatable bonds is 4. The molecule has 1 aromatic carbocycles. The average molecular weight is 389 g/mol. The maximum Gasteiger partial charge on any atom is 0.254 e. The molecule has 1 atom stereocenters. The second-order valence-corrected chi connectivity index (χ2v) is 8.94. The lowest BCUT2D eigenvalue weighted by Crippen LogP contribution is -2.62. The molecular formula is C21H28N2O3S. The number of carbonyl (C=O) groups excluding carboxylic acids is 2. The van der Waals surface area contributed by atoms with Gasteiger partial charge in [-0.3, -0.25) is 9.59 Å². The van der Waals surface area contributed by atoms with Gasteiger partial charge >= 0.3 is 0 Å². The number of fused-ring (bicyclic) bond motifs is 1. The highest BCUT2D eigenvalue weighted by Crippen LogP contribution is 2.50. The molecule has 1 aromatic rings. The minimum Gasteiger partial charge on any atom is -0.383 e. The lowest BCUT2D eigenvalue weighted by Gasteiger charge is -2.51. The zero-order chi connectivity index (χ0) is 18.9. The Morgan fingerprint density at radius 3 is 2.63 bits per heavy atom. The van der Waals surface area contributed by atoms with Crippen LogP contribution in [-0.4, -0.2) is 72.0 Å². The van der Waals surface area contributed by atoms with Crippen molar-refractivity contribution in [3.05, 3.63) is 35.4 Å². The summed E-state index contributed by atoms with van der Waals surface area (Å²) in [5, 5.41) is 0. The minimum absolute atomic E-state index is 0.0581. The third-order valence-electron chi connectivity index (χ3n) is 6.38. The smallest absolute Gasteiger partial charge is 0.254 e. The number of amides is 2. The number of hydrogen-bond donors (Lipinski definition) is 0. The van der Waals surface area contributed by atoms with Gasteiger partial charge in [0.2, 0.25) is 5.91 Å². The number of carbonyl (C=O) groups is 2. The first kappa shape index (κ1) is 18.8. The Labute approximate surface area is 165 Å².